The van der Waals surface area contributed by atoms with Crippen LogP contribution in [-0.4, -0.2) is 59.9 Å². The van der Waals surface area contributed by atoms with Crippen LogP contribution in [0.15, 0.2) is 54.6 Å². The van der Waals surface area contributed by atoms with Crippen molar-refractivity contribution in [3.63, 3.8) is 0 Å². The van der Waals surface area contributed by atoms with Crippen LogP contribution in [0.25, 0.3) is 0 Å². The van der Waals surface area contributed by atoms with E-state index >= 15 is 0 Å². The normalized spacial score (nSPS) is 15.4. The first-order valence-corrected chi connectivity index (χ1v) is 22.6. The van der Waals surface area contributed by atoms with E-state index in [0.717, 1.165) is 23.3 Å². The number of hydrogen-bond donors (Lipinski definition) is 1. The van der Waals surface area contributed by atoms with Gasteiger partial charge in [-0.05, 0) is 65.9 Å². The molecule has 258 valence electrons. The Bertz CT molecular complexity index is 1210. The average molecular weight is 671 g/mol. The second-order valence-electron chi connectivity index (χ2n) is 15.3. The van der Waals surface area contributed by atoms with E-state index in [9.17, 15) is 5.11 Å². The highest BCUT2D eigenvalue weighted by Crippen LogP contribution is 2.39. The van der Waals surface area contributed by atoms with Gasteiger partial charge >= 0.3 is 0 Å². The Balaban J connectivity index is 2.17. The van der Waals surface area contributed by atoms with E-state index < -0.39 is 28.8 Å². The van der Waals surface area contributed by atoms with Gasteiger partial charge in [-0.2, -0.15) is 0 Å². The van der Waals surface area contributed by atoms with Gasteiger partial charge in [0.05, 0.1) is 51.3 Å². The summed E-state index contributed by atoms with van der Waals surface area (Å²) in [5.74, 6) is 7.43. The highest BCUT2D eigenvalue weighted by molar-refractivity contribution is 6.74. The minimum Gasteiger partial charge on any atom is -0.497 e. The summed E-state index contributed by atoms with van der Waals surface area (Å²) in [6.07, 6.45) is 0.137. The zero-order chi connectivity index (χ0) is 34.6. The Morgan fingerprint density at radius 3 is 1.74 bits per heavy atom. The largest absolute Gasteiger partial charge is 0.497 e. The number of benzene rings is 2. The zero-order valence-corrected chi connectivity index (χ0v) is 32.7. The van der Waals surface area contributed by atoms with Crippen molar-refractivity contribution in [2.75, 3.05) is 13.7 Å². The average Bonchev–Trinajstić information content (AvgIpc) is 2.98. The maximum Gasteiger partial charge on any atom is 0.192 e. The van der Waals surface area contributed by atoms with Crippen molar-refractivity contribution >= 4 is 16.6 Å². The maximum absolute atomic E-state index is 11.4. The molecule has 0 aromatic heterocycles. The van der Waals surface area contributed by atoms with Crippen LogP contribution in [0, 0.1) is 11.8 Å². The van der Waals surface area contributed by atoms with Crippen LogP contribution in [0.5, 0.6) is 5.75 Å². The van der Waals surface area contributed by atoms with Crippen LogP contribution in [0.4, 0.5) is 0 Å². The molecule has 1 N–H and O–H groups in total. The van der Waals surface area contributed by atoms with Gasteiger partial charge in [0.15, 0.2) is 16.6 Å². The summed E-state index contributed by atoms with van der Waals surface area (Å²) in [5, 5.41) is 11.4. The van der Waals surface area contributed by atoms with Crippen molar-refractivity contribution in [2.24, 2.45) is 0 Å². The van der Waals surface area contributed by atoms with Crippen LogP contribution in [0.1, 0.15) is 78.9 Å². The zero-order valence-electron chi connectivity index (χ0n) is 30.7. The fourth-order valence-corrected chi connectivity index (χ4v) is 7.03. The lowest BCUT2D eigenvalue weighted by atomic mass is 10.1. The topological polar surface area (TPSA) is 66.4 Å². The Morgan fingerprint density at radius 1 is 0.696 bits per heavy atom. The predicted octanol–water partition coefficient (Wildman–Crippen LogP) is 9.13. The quantitative estimate of drug-likeness (QED) is 0.134. The molecular weight excluding hydrogens is 609 g/mol. The van der Waals surface area contributed by atoms with Gasteiger partial charge in [-0.15, -0.1) is 11.8 Å². The van der Waals surface area contributed by atoms with Gasteiger partial charge in [-0.25, -0.2) is 0 Å². The summed E-state index contributed by atoms with van der Waals surface area (Å²) < 4.78 is 31.4. The Labute approximate surface area is 282 Å². The number of aliphatic hydroxyl groups excluding tert-OH is 1. The van der Waals surface area contributed by atoms with Crippen molar-refractivity contribution in [1.29, 1.82) is 0 Å². The second-order valence-corrected chi connectivity index (χ2v) is 24.8. The molecule has 0 aliphatic heterocycles. The Hall–Kier alpha value is -1.97. The van der Waals surface area contributed by atoms with Gasteiger partial charge in [-0.1, -0.05) is 90.9 Å². The molecule has 2 aromatic rings. The van der Waals surface area contributed by atoms with Gasteiger partial charge in [-0.3, -0.25) is 0 Å². The summed E-state index contributed by atoms with van der Waals surface area (Å²) in [4.78, 5) is 0. The molecule has 0 aliphatic carbocycles. The smallest absolute Gasteiger partial charge is 0.192 e. The van der Waals surface area contributed by atoms with E-state index in [2.05, 4.69) is 98.6 Å². The molecule has 0 fully saturated rings. The van der Waals surface area contributed by atoms with E-state index in [0.29, 0.717) is 26.1 Å². The Morgan fingerprint density at radius 2 is 1.22 bits per heavy atom. The molecule has 0 radical (unpaired) electrons. The number of methoxy groups -OCH3 is 1. The first-order chi connectivity index (χ1) is 21.4. The monoisotopic (exact) mass is 670 g/mol. The van der Waals surface area contributed by atoms with Gasteiger partial charge in [0, 0.05) is 12.8 Å². The molecule has 4 atom stereocenters. The molecule has 2 aromatic carbocycles. The maximum atomic E-state index is 11.4. The fourth-order valence-electron chi connectivity index (χ4n) is 4.34. The summed E-state index contributed by atoms with van der Waals surface area (Å²) in [6, 6.07) is 18.1. The third-order valence-electron chi connectivity index (χ3n) is 9.51. The predicted molar refractivity (Wildman–Crippen MR) is 195 cm³/mol. The molecule has 0 heterocycles. The van der Waals surface area contributed by atoms with Crippen molar-refractivity contribution in [2.45, 2.75) is 142 Å². The van der Waals surface area contributed by atoms with Crippen LogP contribution in [0.3, 0.4) is 0 Å². The van der Waals surface area contributed by atoms with Crippen LogP contribution in [-0.2, 0) is 31.5 Å². The lowest BCUT2D eigenvalue weighted by molar-refractivity contribution is -0.0395. The molecule has 0 unspecified atom stereocenters. The van der Waals surface area contributed by atoms with Crippen LogP contribution < -0.4 is 4.74 Å². The SMILES string of the molecule is CC[C@H](OCc1ccccc1)[C@@H](CC#CC[C@@H](O)[C@@H](COCc1ccc(OC)cc1)O[Si](C)(C)C(C)(C)C)O[Si](C)(C)C(C)(C)C. The minimum absolute atomic E-state index is 0.00411. The molecule has 0 spiro atoms. The summed E-state index contributed by atoms with van der Waals surface area (Å²) >= 11 is 0. The lowest BCUT2D eigenvalue weighted by Crippen LogP contribution is -2.48. The van der Waals surface area contributed by atoms with Gasteiger partial charge in [0.1, 0.15) is 5.75 Å². The van der Waals surface area contributed by atoms with Crippen molar-refractivity contribution in [3.05, 3.63) is 65.7 Å². The summed E-state index contributed by atoms with van der Waals surface area (Å²) in [7, 11) is -2.61. The van der Waals surface area contributed by atoms with E-state index in [-0.39, 0.29) is 28.9 Å². The van der Waals surface area contributed by atoms with Crippen LogP contribution >= 0.6 is 0 Å². The van der Waals surface area contributed by atoms with Gasteiger partial charge in [0.25, 0.3) is 0 Å². The van der Waals surface area contributed by atoms with Crippen molar-refractivity contribution < 1.29 is 28.2 Å². The number of hydrogen-bond acceptors (Lipinski definition) is 6. The molecule has 8 heteroatoms. The second kappa shape index (κ2) is 18.0. The standard InChI is InChI=1S/C38H62O6Si2/c1-13-34(42-28-30-19-15-14-16-20-30)35(43-45(9,10)37(2,3)4)22-18-17-21-33(39)36(44-46(11,12)38(5,6)7)29-41-27-31-23-25-32(40-8)26-24-31/h14-16,19-20,23-26,33-36,39H,13,21-22,27-29H2,1-12H3/t33-,34+,35-,36-/m1/s1. The minimum atomic E-state index is -2.18. The van der Waals surface area contributed by atoms with Gasteiger partial charge < -0.3 is 28.2 Å². The van der Waals surface area contributed by atoms with Gasteiger partial charge in [0.2, 0.25) is 0 Å². The number of aliphatic hydroxyl groups is 1. The third kappa shape index (κ3) is 12.9. The molecule has 46 heavy (non-hydrogen) atoms. The first kappa shape index (κ1) is 40.2. The Kier molecular flexibility index (Phi) is 15.7. The molecular formula is C38H62O6Si2. The molecule has 0 saturated heterocycles. The molecule has 2 rings (SSSR count). The van der Waals surface area contributed by atoms with Crippen molar-refractivity contribution in [1.82, 2.24) is 0 Å². The van der Waals surface area contributed by atoms with E-state index in [1.165, 1.54) is 0 Å². The van der Waals surface area contributed by atoms with E-state index in [1.54, 1.807) is 7.11 Å². The molecule has 0 saturated carbocycles. The molecule has 0 bridgehead atoms. The summed E-state index contributed by atoms with van der Waals surface area (Å²) in [6.45, 7) is 25.7. The van der Waals surface area contributed by atoms with E-state index in [1.807, 2.05) is 42.5 Å². The van der Waals surface area contributed by atoms with E-state index in [4.69, 9.17) is 23.1 Å². The number of rotatable bonds is 17. The highest BCUT2D eigenvalue weighted by Gasteiger charge is 2.42. The first-order valence-electron chi connectivity index (χ1n) is 16.8. The fraction of sp³-hybridized carbons (Fsp3) is 0.632. The highest BCUT2D eigenvalue weighted by atomic mass is 28.4. The molecule has 0 aliphatic rings. The third-order valence-corrected chi connectivity index (χ3v) is 18.5. The summed E-state index contributed by atoms with van der Waals surface area (Å²) in [5.41, 5.74) is 2.18. The molecule has 6 nitrogen and oxygen atoms in total. The lowest BCUT2D eigenvalue weighted by Gasteiger charge is -2.41. The van der Waals surface area contributed by atoms with Crippen molar-refractivity contribution in [3.8, 4) is 17.6 Å². The molecule has 0 amide bonds. The number of ether oxygens (including phenoxy) is 3. The van der Waals surface area contributed by atoms with Crippen LogP contribution in [0.2, 0.25) is 36.3 Å².